The number of carbonyl (C=O) groups is 3. The minimum absolute atomic E-state index is 0.103. The summed E-state index contributed by atoms with van der Waals surface area (Å²) < 4.78 is 0. The van der Waals surface area contributed by atoms with Gasteiger partial charge in [0.2, 0.25) is 5.91 Å². The van der Waals surface area contributed by atoms with Gasteiger partial charge in [-0.3, -0.25) is 19.3 Å². The number of nitrogens with one attached hydrogen (secondary N) is 1. The first-order chi connectivity index (χ1) is 9.97. The maximum Gasteiger partial charge on any atom is 0.261 e. The number of imide groups is 1. The van der Waals surface area contributed by atoms with Crippen molar-refractivity contribution in [2.45, 2.75) is 25.3 Å². The zero-order valence-electron chi connectivity index (χ0n) is 11.8. The summed E-state index contributed by atoms with van der Waals surface area (Å²) in [5.74, 6) is -0.368. The number of nitrogens with two attached hydrogens (primary N) is 1. The van der Waals surface area contributed by atoms with E-state index < -0.39 is 0 Å². The molecule has 1 aliphatic carbocycles. The fourth-order valence-corrected chi connectivity index (χ4v) is 2.56. The number of anilines is 1. The van der Waals surface area contributed by atoms with E-state index in [-0.39, 0.29) is 30.2 Å². The Morgan fingerprint density at radius 2 is 2.00 bits per heavy atom. The van der Waals surface area contributed by atoms with E-state index >= 15 is 0 Å². The van der Waals surface area contributed by atoms with Gasteiger partial charge in [-0.05, 0) is 37.0 Å². The zero-order chi connectivity index (χ0) is 15.1. The van der Waals surface area contributed by atoms with Crippen LogP contribution in [0.15, 0.2) is 18.2 Å². The second-order valence-corrected chi connectivity index (χ2v) is 5.68. The first-order valence-electron chi connectivity index (χ1n) is 6.99. The van der Waals surface area contributed by atoms with Crippen LogP contribution in [0.5, 0.6) is 0 Å². The van der Waals surface area contributed by atoms with Crippen LogP contribution in [0, 0.1) is 5.92 Å². The van der Waals surface area contributed by atoms with E-state index in [1.165, 1.54) is 7.05 Å². The fourth-order valence-electron chi connectivity index (χ4n) is 2.56. The quantitative estimate of drug-likeness (QED) is 0.807. The summed E-state index contributed by atoms with van der Waals surface area (Å²) in [4.78, 5) is 36.6. The molecule has 0 bridgehead atoms. The van der Waals surface area contributed by atoms with Crippen LogP contribution in [0.1, 0.15) is 40.0 Å². The van der Waals surface area contributed by atoms with Crippen molar-refractivity contribution >= 4 is 23.4 Å². The van der Waals surface area contributed by atoms with Crippen molar-refractivity contribution in [2.75, 3.05) is 12.4 Å². The highest BCUT2D eigenvalue weighted by Crippen LogP contribution is 2.33. The van der Waals surface area contributed by atoms with Crippen LogP contribution in [0.4, 0.5) is 5.69 Å². The van der Waals surface area contributed by atoms with Crippen LogP contribution < -0.4 is 11.1 Å². The van der Waals surface area contributed by atoms with Gasteiger partial charge in [-0.2, -0.15) is 0 Å². The van der Waals surface area contributed by atoms with E-state index in [1.54, 1.807) is 18.2 Å². The zero-order valence-corrected chi connectivity index (χ0v) is 11.8. The Labute approximate surface area is 122 Å². The number of rotatable bonds is 4. The van der Waals surface area contributed by atoms with Crippen LogP contribution >= 0.6 is 0 Å². The Morgan fingerprint density at radius 1 is 1.33 bits per heavy atom. The number of fused-ring (bicyclic) bond motifs is 1. The number of carbonyl (C=O) groups excluding carboxylic acids is 3. The Bertz CT molecular complexity index is 637. The molecule has 2 aliphatic rings. The van der Waals surface area contributed by atoms with E-state index in [1.807, 2.05) is 0 Å². The van der Waals surface area contributed by atoms with Gasteiger partial charge in [-0.25, -0.2) is 0 Å². The monoisotopic (exact) mass is 287 g/mol. The molecule has 3 amide bonds. The molecule has 1 aliphatic heterocycles. The van der Waals surface area contributed by atoms with Crippen LogP contribution in [-0.4, -0.2) is 35.7 Å². The molecule has 1 saturated carbocycles. The van der Waals surface area contributed by atoms with Gasteiger partial charge in [-0.1, -0.05) is 0 Å². The van der Waals surface area contributed by atoms with Gasteiger partial charge >= 0.3 is 0 Å². The summed E-state index contributed by atoms with van der Waals surface area (Å²) >= 11 is 0. The second kappa shape index (κ2) is 4.96. The molecule has 1 atom stereocenters. The van der Waals surface area contributed by atoms with E-state index in [0.29, 0.717) is 22.7 Å². The summed E-state index contributed by atoms with van der Waals surface area (Å²) in [6.07, 6.45) is 2.46. The second-order valence-electron chi connectivity index (χ2n) is 5.68. The van der Waals surface area contributed by atoms with Crippen LogP contribution in [0.25, 0.3) is 0 Å². The third kappa shape index (κ3) is 2.54. The number of hydrogen-bond donors (Lipinski definition) is 2. The van der Waals surface area contributed by atoms with Crippen LogP contribution in [0.3, 0.4) is 0 Å². The van der Waals surface area contributed by atoms with E-state index in [2.05, 4.69) is 5.32 Å². The predicted octanol–water partition coefficient (Wildman–Crippen LogP) is 0.978. The van der Waals surface area contributed by atoms with Gasteiger partial charge in [0.15, 0.2) is 0 Å². The minimum Gasteiger partial charge on any atom is -0.327 e. The lowest BCUT2D eigenvalue weighted by Gasteiger charge is -2.10. The normalized spacial score (nSPS) is 18.7. The highest BCUT2D eigenvalue weighted by atomic mass is 16.2. The summed E-state index contributed by atoms with van der Waals surface area (Å²) in [5, 5.41) is 2.73. The lowest BCUT2D eigenvalue weighted by Crippen LogP contribution is -2.28. The molecular weight excluding hydrogens is 270 g/mol. The van der Waals surface area contributed by atoms with Gasteiger partial charge in [0.1, 0.15) is 0 Å². The lowest BCUT2D eigenvalue weighted by molar-refractivity contribution is -0.116. The van der Waals surface area contributed by atoms with Crippen molar-refractivity contribution in [1.29, 1.82) is 0 Å². The Morgan fingerprint density at radius 3 is 2.67 bits per heavy atom. The van der Waals surface area contributed by atoms with Crippen molar-refractivity contribution in [2.24, 2.45) is 11.7 Å². The average Bonchev–Trinajstić information content (AvgIpc) is 3.26. The number of nitrogens with zero attached hydrogens (tertiary/aromatic N) is 1. The molecule has 3 N–H and O–H groups in total. The molecular formula is C15H17N3O3. The highest BCUT2D eigenvalue weighted by Gasteiger charge is 2.33. The number of hydrogen-bond acceptors (Lipinski definition) is 4. The SMILES string of the molecule is CN1C(=O)c2ccc(NC(=O)CC(N)C3CC3)cc2C1=O. The third-order valence-electron chi connectivity index (χ3n) is 4.02. The van der Waals surface area contributed by atoms with Crippen molar-refractivity contribution in [1.82, 2.24) is 4.90 Å². The molecule has 6 heteroatoms. The maximum absolute atomic E-state index is 11.9. The van der Waals surface area contributed by atoms with Gasteiger partial charge in [0, 0.05) is 25.2 Å². The molecule has 6 nitrogen and oxygen atoms in total. The van der Waals surface area contributed by atoms with E-state index in [9.17, 15) is 14.4 Å². The summed E-state index contributed by atoms with van der Waals surface area (Å²) in [7, 11) is 1.44. The lowest BCUT2D eigenvalue weighted by atomic mass is 10.1. The van der Waals surface area contributed by atoms with Gasteiger partial charge in [0.05, 0.1) is 11.1 Å². The van der Waals surface area contributed by atoms with Crippen molar-refractivity contribution < 1.29 is 14.4 Å². The topological polar surface area (TPSA) is 92.5 Å². The first-order valence-corrected chi connectivity index (χ1v) is 6.99. The van der Waals surface area contributed by atoms with E-state index in [4.69, 9.17) is 5.73 Å². The van der Waals surface area contributed by atoms with Crippen molar-refractivity contribution in [3.8, 4) is 0 Å². The minimum atomic E-state index is -0.346. The van der Waals surface area contributed by atoms with Crippen molar-refractivity contribution in [3.63, 3.8) is 0 Å². The van der Waals surface area contributed by atoms with E-state index in [0.717, 1.165) is 17.7 Å². The average molecular weight is 287 g/mol. The van der Waals surface area contributed by atoms with Gasteiger partial charge in [-0.15, -0.1) is 0 Å². The molecule has 0 radical (unpaired) electrons. The molecule has 1 unspecified atom stereocenters. The first kappa shape index (κ1) is 13.8. The summed E-state index contributed by atoms with van der Waals surface area (Å²) in [6, 6.07) is 4.63. The Balaban J connectivity index is 1.71. The van der Waals surface area contributed by atoms with Crippen LogP contribution in [0.2, 0.25) is 0 Å². The molecule has 0 saturated heterocycles. The third-order valence-corrected chi connectivity index (χ3v) is 4.02. The highest BCUT2D eigenvalue weighted by molar-refractivity contribution is 6.21. The standard InChI is InChI=1S/C15H17N3O3/c1-18-14(20)10-5-4-9(6-11(10)15(18)21)17-13(19)7-12(16)8-2-3-8/h4-6,8,12H,2-3,7,16H2,1H3,(H,17,19). The number of benzene rings is 1. The van der Waals surface area contributed by atoms with Crippen molar-refractivity contribution in [3.05, 3.63) is 29.3 Å². The Hall–Kier alpha value is -2.21. The number of amides is 3. The smallest absolute Gasteiger partial charge is 0.261 e. The summed E-state index contributed by atoms with van der Waals surface area (Å²) in [5.41, 5.74) is 7.12. The van der Waals surface area contributed by atoms with Gasteiger partial charge in [0.25, 0.3) is 11.8 Å². The molecule has 110 valence electrons. The molecule has 21 heavy (non-hydrogen) atoms. The molecule has 1 heterocycles. The maximum atomic E-state index is 11.9. The fraction of sp³-hybridized carbons (Fsp3) is 0.400. The molecule has 3 rings (SSSR count). The predicted molar refractivity (Wildman–Crippen MR) is 76.8 cm³/mol. The molecule has 1 aromatic rings. The molecule has 1 aromatic carbocycles. The molecule has 0 aromatic heterocycles. The van der Waals surface area contributed by atoms with Crippen LogP contribution in [-0.2, 0) is 4.79 Å². The molecule has 1 fully saturated rings. The van der Waals surface area contributed by atoms with Gasteiger partial charge < -0.3 is 11.1 Å². The largest absolute Gasteiger partial charge is 0.327 e. The molecule has 0 spiro atoms. The summed E-state index contributed by atoms with van der Waals surface area (Å²) in [6.45, 7) is 0. The Kier molecular flexibility index (Phi) is 3.25.